The van der Waals surface area contributed by atoms with Crippen molar-refractivity contribution in [2.24, 2.45) is 4.99 Å². The predicted molar refractivity (Wildman–Crippen MR) is 94.2 cm³/mol. The number of benzene rings is 2. The molecule has 1 radical (unpaired) electrons. The van der Waals surface area contributed by atoms with E-state index in [1.807, 2.05) is 0 Å². The van der Waals surface area contributed by atoms with E-state index >= 15 is 0 Å². The minimum Gasteiger partial charge on any atom is -0.507 e. The van der Waals surface area contributed by atoms with Crippen LogP contribution in [-0.4, -0.2) is 21.9 Å². The second kappa shape index (κ2) is 7.55. The third-order valence-electron chi connectivity index (χ3n) is 3.88. The third kappa shape index (κ3) is 3.53. The summed E-state index contributed by atoms with van der Waals surface area (Å²) in [5.74, 6) is -1.20. The summed E-state index contributed by atoms with van der Waals surface area (Å²) in [5.41, 5.74) is 1.29. The van der Waals surface area contributed by atoms with E-state index < -0.39 is 11.6 Å². The third-order valence-corrected chi connectivity index (χ3v) is 3.88. The molecule has 0 aliphatic heterocycles. The van der Waals surface area contributed by atoms with Gasteiger partial charge in [0.15, 0.2) is 5.58 Å². The Hall–Kier alpha value is -2.90. The summed E-state index contributed by atoms with van der Waals surface area (Å²) < 4.78 is 5.28. The molecule has 135 valence electrons. The second-order valence-corrected chi connectivity index (χ2v) is 5.60. The van der Waals surface area contributed by atoms with E-state index in [0.717, 1.165) is 0 Å². The van der Waals surface area contributed by atoms with Gasteiger partial charge >= 0.3 is 11.6 Å². The predicted octanol–water partition coefficient (Wildman–Crippen LogP) is 3.64. The van der Waals surface area contributed by atoms with Crippen LogP contribution in [0.2, 0.25) is 0 Å². The Balaban J connectivity index is 0.00000243. The number of nitrogens with zero attached hydrogens (tertiary/aromatic N) is 1. The van der Waals surface area contributed by atoms with Crippen LogP contribution in [0.25, 0.3) is 11.0 Å². The van der Waals surface area contributed by atoms with Gasteiger partial charge < -0.3 is 14.6 Å². The molecule has 0 saturated heterocycles. The molecule has 0 unspecified atom stereocenters. The molecular weight excluding hydrogens is 381 g/mol. The largest absolute Gasteiger partial charge is 0.507 e. The van der Waals surface area contributed by atoms with Crippen LogP contribution < -0.4 is 5.63 Å². The summed E-state index contributed by atoms with van der Waals surface area (Å²) in [4.78, 5) is 27.4. The van der Waals surface area contributed by atoms with Crippen LogP contribution in [0, 0.1) is 6.92 Å². The fourth-order valence-electron chi connectivity index (χ4n) is 2.71. The fraction of sp³-hybridized carbons (Fsp3) is 0.105. The van der Waals surface area contributed by atoms with E-state index in [9.17, 15) is 19.8 Å². The quantitative estimate of drug-likeness (QED) is 0.520. The summed E-state index contributed by atoms with van der Waals surface area (Å²) in [7, 11) is 0. The molecule has 1 aromatic heterocycles. The molecule has 0 spiro atoms. The van der Waals surface area contributed by atoms with Crippen LogP contribution in [0.5, 0.6) is 5.75 Å². The van der Waals surface area contributed by atoms with Crippen LogP contribution in [0.3, 0.4) is 0 Å². The Kier molecular flexibility index (Phi) is 5.64. The van der Waals surface area contributed by atoms with Gasteiger partial charge in [-0.1, -0.05) is 12.1 Å². The molecular formula is C19H15CoNO5. The molecule has 1 heterocycles. The monoisotopic (exact) mass is 396 g/mol. The van der Waals surface area contributed by atoms with Crippen molar-refractivity contribution in [2.75, 3.05) is 0 Å². The normalized spacial score (nSPS) is 11.2. The molecule has 26 heavy (non-hydrogen) atoms. The fourth-order valence-corrected chi connectivity index (χ4v) is 2.71. The van der Waals surface area contributed by atoms with Gasteiger partial charge in [0.2, 0.25) is 0 Å². The van der Waals surface area contributed by atoms with Crippen LogP contribution >= 0.6 is 0 Å². The van der Waals surface area contributed by atoms with Crippen molar-refractivity contribution >= 4 is 28.3 Å². The number of aryl methyl sites for hydroxylation is 1. The molecule has 2 aromatic carbocycles. The van der Waals surface area contributed by atoms with Crippen molar-refractivity contribution in [2.45, 2.75) is 13.8 Å². The van der Waals surface area contributed by atoms with E-state index in [4.69, 9.17) is 4.42 Å². The molecule has 0 saturated carbocycles. The number of hydrogen-bond donors (Lipinski definition) is 2. The van der Waals surface area contributed by atoms with Gasteiger partial charge in [-0.3, -0.25) is 4.99 Å². The van der Waals surface area contributed by atoms with Crippen molar-refractivity contribution in [1.82, 2.24) is 0 Å². The van der Waals surface area contributed by atoms with Crippen LogP contribution in [0.1, 0.15) is 28.4 Å². The van der Waals surface area contributed by atoms with E-state index in [2.05, 4.69) is 4.99 Å². The minimum atomic E-state index is -1.10. The maximum Gasteiger partial charge on any atom is 0.337 e. The zero-order valence-electron chi connectivity index (χ0n) is 13.9. The second-order valence-electron chi connectivity index (χ2n) is 5.60. The first-order valence-electron chi connectivity index (χ1n) is 7.53. The molecule has 0 bridgehead atoms. The maximum atomic E-state index is 11.7. The number of aliphatic imine (C=N–C) groups is 1. The van der Waals surface area contributed by atoms with E-state index in [1.165, 1.54) is 18.2 Å². The SMILES string of the molecule is CC(=Nc1ccccc1C(=O)O)c1c(O)ccc2c(C)cc(=O)oc12.[Co]. The number of fused-ring (bicyclic) bond motifs is 1. The molecule has 7 heteroatoms. The van der Waals surface area contributed by atoms with Gasteiger partial charge in [-0.15, -0.1) is 0 Å². The minimum absolute atomic E-state index is 0. The molecule has 0 aliphatic carbocycles. The summed E-state index contributed by atoms with van der Waals surface area (Å²) in [6, 6.07) is 10.8. The number of phenolic OH excluding ortho intramolecular Hbond substituents is 1. The van der Waals surface area contributed by atoms with E-state index in [0.29, 0.717) is 16.7 Å². The smallest absolute Gasteiger partial charge is 0.337 e. The van der Waals surface area contributed by atoms with Gasteiger partial charge in [-0.2, -0.15) is 0 Å². The van der Waals surface area contributed by atoms with Gasteiger partial charge in [0.05, 0.1) is 22.5 Å². The van der Waals surface area contributed by atoms with Crippen LogP contribution in [0.15, 0.2) is 56.7 Å². The number of rotatable bonds is 3. The average molecular weight is 396 g/mol. The number of para-hydroxylation sites is 1. The summed E-state index contributed by atoms with van der Waals surface area (Å²) in [5, 5.41) is 20.2. The van der Waals surface area contributed by atoms with Gasteiger partial charge in [-0.05, 0) is 43.7 Å². The Bertz CT molecular complexity index is 1080. The summed E-state index contributed by atoms with van der Waals surface area (Å²) in [6.07, 6.45) is 0. The van der Waals surface area contributed by atoms with Gasteiger partial charge in [-0.25, -0.2) is 9.59 Å². The molecule has 0 atom stereocenters. The first-order chi connectivity index (χ1) is 11.9. The van der Waals surface area contributed by atoms with E-state index in [-0.39, 0.29) is 44.9 Å². The Labute approximate surface area is 159 Å². The summed E-state index contributed by atoms with van der Waals surface area (Å²) >= 11 is 0. The molecule has 0 amide bonds. The Morgan fingerprint density at radius 3 is 2.54 bits per heavy atom. The topological polar surface area (TPSA) is 100 Å². The molecule has 3 aromatic rings. The van der Waals surface area contributed by atoms with Gasteiger partial charge in [0, 0.05) is 28.2 Å². The molecule has 0 aliphatic rings. The molecule has 0 fully saturated rings. The van der Waals surface area contributed by atoms with Crippen LogP contribution in [0.4, 0.5) is 5.69 Å². The first kappa shape index (κ1) is 19.4. The van der Waals surface area contributed by atoms with Crippen molar-refractivity contribution in [3.05, 3.63) is 69.6 Å². The maximum absolute atomic E-state index is 11.7. The first-order valence-corrected chi connectivity index (χ1v) is 7.53. The van der Waals surface area contributed by atoms with Crippen LogP contribution in [-0.2, 0) is 16.8 Å². The van der Waals surface area contributed by atoms with Crippen molar-refractivity contribution < 1.29 is 36.2 Å². The van der Waals surface area contributed by atoms with Gasteiger partial charge in [0.1, 0.15) is 5.75 Å². The number of carbonyl (C=O) groups is 1. The number of carboxylic acids is 1. The number of hydrogen-bond acceptors (Lipinski definition) is 5. The van der Waals surface area contributed by atoms with Gasteiger partial charge in [0.25, 0.3) is 0 Å². The standard InChI is InChI=1S/C19H15NO5.Co/c1-10-9-16(22)25-18-12(10)7-8-15(21)17(18)11(2)20-14-6-4-3-5-13(14)19(23)24;/h3-9,21H,1-2H3,(H,23,24);. The number of aromatic carboxylic acids is 1. The molecule has 6 nitrogen and oxygen atoms in total. The number of aromatic hydroxyl groups is 1. The van der Waals surface area contributed by atoms with E-state index in [1.54, 1.807) is 38.1 Å². The van der Waals surface area contributed by atoms with Crippen molar-refractivity contribution in [1.29, 1.82) is 0 Å². The summed E-state index contributed by atoms with van der Waals surface area (Å²) in [6.45, 7) is 3.39. The zero-order chi connectivity index (χ0) is 18.1. The molecule has 3 rings (SSSR count). The zero-order valence-corrected chi connectivity index (χ0v) is 15.0. The van der Waals surface area contributed by atoms with Crippen molar-refractivity contribution in [3.63, 3.8) is 0 Å². The average Bonchev–Trinajstić information content (AvgIpc) is 2.54. The van der Waals surface area contributed by atoms with Crippen molar-refractivity contribution in [3.8, 4) is 5.75 Å². The Morgan fingerprint density at radius 1 is 1.15 bits per heavy atom. The number of phenols is 1. The number of carboxylic acid groups (broad SMARTS) is 1. The Morgan fingerprint density at radius 2 is 1.85 bits per heavy atom. The molecule has 2 N–H and O–H groups in total.